The first-order chi connectivity index (χ1) is 6.87. The Bertz CT molecular complexity index is 312. The first kappa shape index (κ1) is 4.84. The second kappa shape index (κ2) is 2.47. The van der Waals surface area contributed by atoms with E-state index in [0.717, 1.165) is 0 Å². The highest BCUT2D eigenvalue weighted by molar-refractivity contribution is 5.93. The zero-order chi connectivity index (χ0) is 11.3. The predicted molar refractivity (Wildman–Crippen MR) is 38.0 cm³/mol. The van der Waals surface area contributed by atoms with E-state index in [2.05, 4.69) is 0 Å². The molecule has 0 amide bonds. The molecule has 0 aromatic heterocycles. The van der Waals surface area contributed by atoms with Gasteiger partial charge in [-0.2, -0.15) is 0 Å². The molecule has 1 aliphatic heterocycles. The highest BCUT2D eigenvalue weighted by Gasteiger charge is 2.45. The number of rotatable bonds is 0. The number of carbonyl (C=O) groups excluding carboxylic acids is 2. The Morgan fingerprint density at radius 3 is 2.50 bits per heavy atom. The minimum atomic E-state index is -2.14. The van der Waals surface area contributed by atoms with Crippen molar-refractivity contribution in [1.82, 2.24) is 0 Å². The summed E-state index contributed by atoms with van der Waals surface area (Å²) in [6, 6.07) is 0. The maximum atomic E-state index is 11.1. The van der Waals surface area contributed by atoms with E-state index in [4.69, 9.17) is 13.6 Å². The van der Waals surface area contributed by atoms with Crippen LogP contribution in [0.1, 0.15) is 36.1 Å². The van der Waals surface area contributed by atoms with Gasteiger partial charge in [-0.25, -0.2) is 0 Å². The topological polar surface area (TPSA) is 52.6 Å². The third kappa shape index (κ3) is 1.17. The SMILES string of the molecule is [2H]C1CCC2(OC(=O)CC(=O)O2)C1([2H])[2H]. The van der Waals surface area contributed by atoms with Crippen LogP contribution in [0, 0.1) is 0 Å². The lowest BCUT2D eigenvalue weighted by atomic mass is 10.2. The molecule has 1 aliphatic carbocycles. The summed E-state index contributed by atoms with van der Waals surface area (Å²) in [6.45, 7) is 0. The van der Waals surface area contributed by atoms with Crippen molar-refractivity contribution in [3.63, 3.8) is 0 Å². The summed E-state index contributed by atoms with van der Waals surface area (Å²) in [5.74, 6) is -3.44. The molecule has 12 heavy (non-hydrogen) atoms. The summed E-state index contributed by atoms with van der Waals surface area (Å²) in [5.41, 5.74) is 0. The zero-order valence-electron chi connectivity index (χ0n) is 9.33. The lowest BCUT2D eigenvalue weighted by Gasteiger charge is -2.31. The van der Waals surface area contributed by atoms with Crippen LogP contribution in [-0.4, -0.2) is 17.7 Å². The molecule has 0 aromatic rings. The van der Waals surface area contributed by atoms with Crippen LogP contribution in [0.2, 0.25) is 0 Å². The maximum Gasteiger partial charge on any atom is 0.320 e. The van der Waals surface area contributed by atoms with Gasteiger partial charge in [-0.05, 0) is 12.8 Å². The molecule has 1 atom stereocenters. The van der Waals surface area contributed by atoms with Crippen molar-refractivity contribution in [2.24, 2.45) is 0 Å². The summed E-state index contributed by atoms with van der Waals surface area (Å²) >= 11 is 0. The average Bonchev–Trinajstić information content (AvgIpc) is 2.29. The van der Waals surface area contributed by atoms with Gasteiger partial charge in [0, 0.05) is 16.9 Å². The Morgan fingerprint density at radius 1 is 1.33 bits per heavy atom. The Hall–Kier alpha value is -1.06. The van der Waals surface area contributed by atoms with E-state index in [1.807, 2.05) is 0 Å². The van der Waals surface area contributed by atoms with Gasteiger partial charge >= 0.3 is 11.9 Å². The van der Waals surface area contributed by atoms with Crippen LogP contribution >= 0.6 is 0 Å². The molecule has 1 saturated carbocycles. The Kier molecular flexibility index (Phi) is 0.996. The van der Waals surface area contributed by atoms with Crippen LogP contribution in [0.15, 0.2) is 0 Å². The van der Waals surface area contributed by atoms with Gasteiger partial charge in [-0.15, -0.1) is 0 Å². The van der Waals surface area contributed by atoms with E-state index in [-0.39, 0.29) is 12.8 Å². The van der Waals surface area contributed by atoms with Crippen molar-refractivity contribution in [2.45, 2.75) is 37.8 Å². The third-order valence-corrected chi connectivity index (χ3v) is 1.79. The van der Waals surface area contributed by atoms with E-state index in [9.17, 15) is 9.59 Å². The fraction of sp³-hybridized carbons (Fsp3) is 0.750. The molecular weight excluding hydrogens is 160 g/mol. The van der Waals surface area contributed by atoms with E-state index in [1.54, 1.807) is 0 Å². The molecule has 1 saturated heterocycles. The van der Waals surface area contributed by atoms with Crippen LogP contribution < -0.4 is 0 Å². The Labute approximate surface area is 74.0 Å². The lowest BCUT2D eigenvalue weighted by Crippen LogP contribution is -2.42. The molecule has 0 radical (unpaired) electrons. The average molecular weight is 173 g/mol. The summed E-state index contributed by atoms with van der Waals surface area (Å²) in [5, 5.41) is 0. The highest BCUT2D eigenvalue weighted by atomic mass is 16.7. The molecule has 2 rings (SSSR count). The molecule has 1 unspecified atom stereocenters. The number of hydrogen-bond acceptors (Lipinski definition) is 4. The van der Waals surface area contributed by atoms with Crippen molar-refractivity contribution in [3.8, 4) is 0 Å². The van der Waals surface area contributed by atoms with Crippen LogP contribution in [0.25, 0.3) is 0 Å². The van der Waals surface area contributed by atoms with Crippen molar-refractivity contribution in [1.29, 1.82) is 0 Å². The molecule has 0 bridgehead atoms. The zero-order valence-corrected chi connectivity index (χ0v) is 6.33. The summed E-state index contributed by atoms with van der Waals surface area (Å²) in [6.07, 6.45) is -3.42. The minimum absolute atomic E-state index is 0.0473. The normalized spacial score (nSPS) is 41.0. The predicted octanol–water partition coefficient (Wildman–Crippen LogP) is 0.747. The van der Waals surface area contributed by atoms with E-state index >= 15 is 0 Å². The lowest BCUT2D eigenvalue weighted by molar-refractivity contribution is -0.241. The third-order valence-electron chi connectivity index (χ3n) is 1.79. The minimum Gasteiger partial charge on any atom is -0.422 e. The van der Waals surface area contributed by atoms with E-state index in [1.165, 1.54) is 0 Å². The molecule has 66 valence electrons. The summed E-state index contributed by atoms with van der Waals surface area (Å²) in [7, 11) is 0. The summed E-state index contributed by atoms with van der Waals surface area (Å²) < 4.78 is 32.4. The molecule has 4 heteroatoms. The van der Waals surface area contributed by atoms with Gasteiger partial charge in [0.2, 0.25) is 0 Å². The Balaban J connectivity index is 2.34. The van der Waals surface area contributed by atoms with Gasteiger partial charge < -0.3 is 9.47 Å². The van der Waals surface area contributed by atoms with E-state index in [0.29, 0.717) is 0 Å². The largest absolute Gasteiger partial charge is 0.422 e. The first-order valence-electron chi connectivity index (χ1n) is 5.31. The standard InChI is InChI=1S/C8H10O4/c9-6-5-7(10)12-8(11-6)3-1-2-4-8/h1-5H2/i1D,3D2. The number of ether oxygens (including phenoxy) is 2. The fourth-order valence-corrected chi connectivity index (χ4v) is 1.30. The van der Waals surface area contributed by atoms with Crippen LogP contribution in [-0.2, 0) is 19.1 Å². The van der Waals surface area contributed by atoms with Gasteiger partial charge in [0.15, 0.2) is 0 Å². The van der Waals surface area contributed by atoms with Crippen LogP contribution in [0.5, 0.6) is 0 Å². The number of hydrogen-bond donors (Lipinski definition) is 0. The van der Waals surface area contributed by atoms with Crippen molar-refractivity contribution in [2.75, 3.05) is 0 Å². The number of carbonyl (C=O) groups is 2. The van der Waals surface area contributed by atoms with Gasteiger partial charge in [0.05, 0.1) is 0 Å². The molecular formula is C8H10O4. The van der Waals surface area contributed by atoms with Gasteiger partial charge in [-0.1, -0.05) is 0 Å². The van der Waals surface area contributed by atoms with Gasteiger partial charge in [0.1, 0.15) is 6.42 Å². The molecule has 2 aliphatic rings. The quantitative estimate of drug-likeness (QED) is 0.400. The molecule has 1 heterocycles. The Morgan fingerprint density at radius 2 is 2.00 bits per heavy atom. The van der Waals surface area contributed by atoms with Crippen molar-refractivity contribution >= 4 is 11.9 Å². The summed E-state index contributed by atoms with van der Waals surface area (Å²) in [4.78, 5) is 22.2. The van der Waals surface area contributed by atoms with Crippen LogP contribution in [0.3, 0.4) is 0 Å². The van der Waals surface area contributed by atoms with Gasteiger partial charge in [0.25, 0.3) is 5.79 Å². The second-order valence-corrected chi connectivity index (χ2v) is 2.76. The highest BCUT2D eigenvalue weighted by Crippen LogP contribution is 2.36. The molecule has 0 aromatic carbocycles. The molecule has 4 nitrogen and oxygen atoms in total. The number of esters is 2. The fourth-order valence-electron chi connectivity index (χ4n) is 1.30. The van der Waals surface area contributed by atoms with Crippen LogP contribution in [0.4, 0.5) is 0 Å². The molecule has 0 N–H and O–H groups in total. The second-order valence-electron chi connectivity index (χ2n) is 2.76. The molecule has 1 spiro atoms. The first-order valence-corrected chi connectivity index (χ1v) is 3.73. The van der Waals surface area contributed by atoms with Crippen molar-refractivity contribution in [3.05, 3.63) is 0 Å². The van der Waals surface area contributed by atoms with Crippen molar-refractivity contribution < 1.29 is 23.2 Å². The smallest absolute Gasteiger partial charge is 0.320 e. The van der Waals surface area contributed by atoms with Gasteiger partial charge in [-0.3, -0.25) is 9.59 Å². The molecule has 2 fully saturated rings. The monoisotopic (exact) mass is 173 g/mol. The maximum absolute atomic E-state index is 11.1. The van der Waals surface area contributed by atoms with E-state index < -0.39 is 36.9 Å².